The zero-order valence-corrected chi connectivity index (χ0v) is 14.3. The van der Waals surface area contributed by atoms with E-state index in [0.29, 0.717) is 6.54 Å². The first kappa shape index (κ1) is 18.0. The number of hydrogen-bond acceptors (Lipinski definition) is 4. The Hall–Kier alpha value is -2.37. The third-order valence-electron chi connectivity index (χ3n) is 3.95. The van der Waals surface area contributed by atoms with E-state index in [2.05, 4.69) is 10.2 Å². The van der Waals surface area contributed by atoms with Gasteiger partial charge < -0.3 is 15.2 Å². The molecule has 0 fully saturated rings. The summed E-state index contributed by atoms with van der Waals surface area (Å²) in [4.78, 5) is 13.4. The van der Waals surface area contributed by atoms with Crippen molar-refractivity contribution in [3.8, 4) is 5.75 Å². The van der Waals surface area contributed by atoms with Crippen LogP contribution in [-0.2, 0) is 11.3 Å². The van der Waals surface area contributed by atoms with E-state index in [-0.39, 0.29) is 18.6 Å². The second-order valence-electron chi connectivity index (χ2n) is 5.72. The molecular weight excluding hydrogens is 304 g/mol. The van der Waals surface area contributed by atoms with Crippen LogP contribution in [0.3, 0.4) is 0 Å². The number of aliphatic hydroxyl groups is 1. The molecule has 0 aliphatic rings. The van der Waals surface area contributed by atoms with Gasteiger partial charge in [-0.2, -0.15) is 0 Å². The van der Waals surface area contributed by atoms with Crippen LogP contribution >= 0.6 is 0 Å². The third-order valence-corrected chi connectivity index (χ3v) is 3.95. The van der Waals surface area contributed by atoms with Crippen molar-refractivity contribution in [1.82, 2.24) is 4.90 Å². The van der Waals surface area contributed by atoms with Gasteiger partial charge in [-0.15, -0.1) is 0 Å². The molecule has 2 aromatic carbocycles. The molecule has 0 saturated heterocycles. The Bertz CT molecular complexity index is 671. The Balaban J connectivity index is 2.17. The Kier molecular flexibility index (Phi) is 6.35. The largest absolute Gasteiger partial charge is 0.497 e. The molecular formula is C19H24N2O3. The van der Waals surface area contributed by atoms with Gasteiger partial charge in [-0.05, 0) is 36.4 Å². The molecule has 0 heterocycles. The van der Waals surface area contributed by atoms with Crippen LogP contribution in [0.25, 0.3) is 0 Å². The van der Waals surface area contributed by atoms with Crippen molar-refractivity contribution in [2.45, 2.75) is 19.5 Å². The summed E-state index contributed by atoms with van der Waals surface area (Å²) in [6.07, 6.45) is 0. The number of benzene rings is 2. The predicted octanol–water partition coefficient (Wildman–Crippen LogP) is 2.82. The minimum Gasteiger partial charge on any atom is -0.497 e. The average Bonchev–Trinajstić information content (AvgIpc) is 2.57. The molecule has 0 spiro atoms. The number of ether oxygens (including phenoxy) is 1. The monoisotopic (exact) mass is 328 g/mol. The Morgan fingerprint density at radius 3 is 2.46 bits per heavy atom. The maximum absolute atomic E-state index is 11.3. The van der Waals surface area contributed by atoms with Crippen molar-refractivity contribution in [1.29, 1.82) is 0 Å². The van der Waals surface area contributed by atoms with Gasteiger partial charge in [0.05, 0.1) is 19.8 Å². The first-order chi connectivity index (χ1) is 11.5. The molecule has 0 saturated carbocycles. The number of amides is 1. The zero-order chi connectivity index (χ0) is 17.5. The number of rotatable bonds is 7. The number of methoxy groups -OCH3 is 1. The molecule has 1 amide bonds. The van der Waals surface area contributed by atoms with Gasteiger partial charge in [-0.3, -0.25) is 9.69 Å². The number of para-hydroxylation sites is 1. The Morgan fingerprint density at radius 1 is 1.21 bits per heavy atom. The summed E-state index contributed by atoms with van der Waals surface area (Å²) in [6.45, 7) is 2.10. The number of nitrogens with one attached hydrogen (secondary N) is 1. The van der Waals surface area contributed by atoms with Crippen LogP contribution in [0.4, 0.5) is 5.69 Å². The summed E-state index contributed by atoms with van der Waals surface area (Å²) in [6, 6.07) is 15.2. The lowest BCUT2D eigenvalue weighted by Gasteiger charge is -2.28. The molecule has 0 bridgehead atoms. The lowest BCUT2D eigenvalue weighted by molar-refractivity contribution is -0.114. The normalized spacial score (nSPS) is 12.0. The van der Waals surface area contributed by atoms with Crippen molar-refractivity contribution in [2.24, 2.45) is 0 Å². The Labute approximate surface area is 142 Å². The molecule has 0 radical (unpaired) electrons. The van der Waals surface area contributed by atoms with E-state index in [1.165, 1.54) is 6.92 Å². The summed E-state index contributed by atoms with van der Waals surface area (Å²) < 4.78 is 5.18. The van der Waals surface area contributed by atoms with E-state index >= 15 is 0 Å². The molecule has 1 atom stereocenters. The van der Waals surface area contributed by atoms with Gasteiger partial charge in [0.15, 0.2) is 0 Å². The molecule has 2 aromatic rings. The van der Waals surface area contributed by atoms with Gasteiger partial charge in [0, 0.05) is 19.2 Å². The summed E-state index contributed by atoms with van der Waals surface area (Å²) in [7, 11) is 3.58. The molecule has 0 aliphatic heterocycles. The smallest absolute Gasteiger partial charge is 0.221 e. The lowest BCUT2D eigenvalue weighted by Crippen LogP contribution is -2.27. The van der Waals surface area contributed by atoms with Crippen molar-refractivity contribution >= 4 is 11.6 Å². The number of likely N-dealkylation sites (N-methyl/N-ethyl adjacent to an activating group) is 1. The van der Waals surface area contributed by atoms with Crippen LogP contribution in [0.15, 0.2) is 48.5 Å². The molecule has 2 rings (SSSR count). The highest BCUT2D eigenvalue weighted by molar-refractivity contribution is 5.89. The minimum atomic E-state index is -0.138. The average molecular weight is 328 g/mol. The molecule has 5 heteroatoms. The van der Waals surface area contributed by atoms with E-state index in [1.54, 1.807) is 7.11 Å². The second kappa shape index (κ2) is 8.47. The second-order valence-corrected chi connectivity index (χ2v) is 5.72. The van der Waals surface area contributed by atoms with Crippen molar-refractivity contribution < 1.29 is 14.6 Å². The third kappa shape index (κ3) is 4.57. The van der Waals surface area contributed by atoms with Gasteiger partial charge in [-0.1, -0.05) is 30.3 Å². The van der Waals surface area contributed by atoms with Crippen LogP contribution in [0.1, 0.15) is 24.1 Å². The van der Waals surface area contributed by atoms with Crippen LogP contribution in [0, 0.1) is 0 Å². The summed E-state index contributed by atoms with van der Waals surface area (Å²) in [5, 5.41) is 12.7. The molecule has 5 nitrogen and oxygen atoms in total. The Morgan fingerprint density at radius 2 is 1.88 bits per heavy atom. The first-order valence-corrected chi connectivity index (χ1v) is 7.85. The van der Waals surface area contributed by atoms with Gasteiger partial charge in [-0.25, -0.2) is 0 Å². The van der Waals surface area contributed by atoms with E-state index < -0.39 is 0 Å². The van der Waals surface area contributed by atoms with Crippen molar-refractivity contribution in [3.63, 3.8) is 0 Å². The maximum atomic E-state index is 11.3. The summed E-state index contributed by atoms with van der Waals surface area (Å²) in [5.74, 6) is 0.688. The summed E-state index contributed by atoms with van der Waals surface area (Å²) in [5.41, 5.74) is 2.81. The topological polar surface area (TPSA) is 61.8 Å². The van der Waals surface area contributed by atoms with E-state index in [0.717, 1.165) is 22.6 Å². The van der Waals surface area contributed by atoms with E-state index in [9.17, 15) is 9.90 Å². The zero-order valence-electron chi connectivity index (χ0n) is 14.3. The highest BCUT2D eigenvalue weighted by atomic mass is 16.5. The predicted molar refractivity (Wildman–Crippen MR) is 95.0 cm³/mol. The van der Waals surface area contributed by atoms with Gasteiger partial charge in [0.1, 0.15) is 5.75 Å². The standard InChI is InChI=1S/C19H24N2O3/c1-14(23)20-18-7-5-4-6-16(18)12-21(2)19(13-22)15-8-10-17(24-3)11-9-15/h4-11,19,22H,12-13H2,1-3H3,(H,20,23). The molecule has 0 aliphatic carbocycles. The number of aliphatic hydroxyl groups excluding tert-OH is 1. The van der Waals surface area contributed by atoms with E-state index in [1.807, 2.05) is 55.6 Å². The highest BCUT2D eigenvalue weighted by Gasteiger charge is 2.17. The van der Waals surface area contributed by atoms with Gasteiger partial charge in [0.25, 0.3) is 0 Å². The van der Waals surface area contributed by atoms with Crippen LogP contribution < -0.4 is 10.1 Å². The minimum absolute atomic E-state index is 0.00509. The van der Waals surface area contributed by atoms with Gasteiger partial charge >= 0.3 is 0 Å². The number of carbonyl (C=O) groups is 1. The fourth-order valence-electron chi connectivity index (χ4n) is 2.67. The number of hydrogen-bond donors (Lipinski definition) is 2. The van der Waals surface area contributed by atoms with Gasteiger partial charge in [0.2, 0.25) is 5.91 Å². The lowest BCUT2D eigenvalue weighted by atomic mass is 10.0. The van der Waals surface area contributed by atoms with Crippen LogP contribution in [-0.4, -0.2) is 36.7 Å². The number of carbonyl (C=O) groups excluding carboxylic acids is 1. The molecule has 24 heavy (non-hydrogen) atoms. The first-order valence-electron chi connectivity index (χ1n) is 7.85. The summed E-state index contributed by atoms with van der Waals surface area (Å²) >= 11 is 0. The van der Waals surface area contributed by atoms with Crippen molar-refractivity contribution in [3.05, 3.63) is 59.7 Å². The van der Waals surface area contributed by atoms with Crippen LogP contribution in [0.5, 0.6) is 5.75 Å². The van der Waals surface area contributed by atoms with Crippen molar-refractivity contribution in [2.75, 3.05) is 26.1 Å². The quantitative estimate of drug-likeness (QED) is 0.820. The molecule has 0 aromatic heterocycles. The molecule has 2 N–H and O–H groups in total. The number of nitrogens with zero attached hydrogens (tertiary/aromatic N) is 1. The SMILES string of the molecule is COc1ccc(C(CO)N(C)Cc2ccccc2NC(C)=O)cc1. The maximum Gasteiger partial charge on any atom is 0.221 e. The molecule has 128 valence electrons. The fraction of sp³-hybridized carbons (Fsp3) is 0.316. The molecule has 1 unspecified atom stereocenters. The van der Waals surface area contributed by atoms with E-state index in [4.69, 9.17) is 4.74 Å². The highest BCUT2D eigenvalue weighted by Crippen LogP contribution is 2.25. The number of anilines is 1. The fourth-order valence-corrected chi connectivity index (χ4v) is 2.67. The van der Waals surface area contributed by atoms with Crippen LogP contribution in [0.2, 0.25) is 0 Å².